The van der Waals surface area contributed by atoms with E-state index >= 15 is 0 Å². The quantitative estimate of drug-likeness (QED) is 0.768. The fraction of sp³-hybridized carbons (Fsp3) is 0.700. The summed E-state index contributed by atoms with van der Waals surface area (Å²) in [4.78, 5) is 0. The highest BCUT2D eigenvalue weighted by Crippen LogP contribution is 2.21. The van der Waals surface area contributed by atoms with Crippen molar-refractivity contribution >= 4 is 11.5 Å². The smallest absolute Gasteiger partial charge is 0.148 e. The van der Waals surface area contributed by atoms with Crippen molar-refractivity contribution in [2.24, 2.45) is 7.05 Å². The fourth-order valence-electron chi connectivity index (χ4n) is 1.42. The van der Waals surface area contributed by atoms with Crippen LogP contribution in [0.15, 0.2) is 0 Å². The second kappa shape index (κ2) is 5.02. The van der Waals surface area contributed by atoms with E-state index in [0.29, 0.717) is 12.3 Å². The molecular weight excluding hydrogens is 192 g/mol. The Kier molecular flexibility index (Phi) is 3.96. The Morgan fingerprint density at radius 3 is 2.73 bits per heavy atom. The van der Waals surface area contributed by atoms with Gasteiger partial charge in [-0.05, 0) is 20.8 Å². The van der Waals surface area contributed by atoms with E-state index in [9.17, 15) is 0 Å². The molecule has 0 bridgehead atoms. The summed E-state index contributed by atoms with van der Waals surface area (Å²) in [6, 6.07) is 0.224. The van der Waals surface area contributed by atoms with Crippen LogP contribution in [0.25, 0.3) is 0 Å². The maximum Gasteiger partial charge on any atom is 0.148 e. The van der Waals surface area contributed by atoms with E-state index in [4.69, 9.17) is 10.5 Å². The summed E-state index contributed by atoms with van der Waals surface area (Å²) >= 11 is 0. The minimum Gasteiger partial charge on any atom is -0.394 e. The van der Waals surface area contributed by atoms with Gasteiger partial charge in [0.05, 0.1) is 18.0 Å². The van der Waals surface area contributed by atoms with Gasteiger partial charge in [0.15, 0.2) is 0 Å². The van der Waals surface area contributed by atoms with E-state index in [1.54, 1.807) is 4.68 Å². The Morgan fingerprint density at radius 1 is 1.60 bits per heavy atom. The summed E-state index contributed by atoms with van der Waals surface area (Å²) in [5.74, 6) is 0.861. The molecule has 1 unspecified atom stereocenters. The van der Waals surface area contributed by atoms with E-state index < -0.39 is 0 Å². The third kappa shape index (κ3) is 2.86. The molecule has 0 fully saturated rings. The van der Waals surface area contributed by atoms with Gasteiger partial charge in [0.25, 0.3) is 0 Å². The average molecular weight is 212 g/mol. The summed E-state index contributed by atoms with van der Waals surface area (Å²) in [6.45, 7) is 7.33. The molecule has 15 heavy (non-hydrogen) atoms. The molecule has 1 atom stereocenters. The van der Waals surface area contributed by atoms with Gasteiger partial charge in [-0.3, -0.25) is 4.68 Å². The number of hydrogen-bond donors (Lipinski definition) is 2. The van der Waals surface area contributed by atoms with Gasteiger partial charge < -0.3 is 15.8 Å². The van der Waals surface area contributed by atoms with Crippen LogP contribution in [0.1, 0.15) is 19.5 Å². The third-order valence-electron chi connectivity index (χ3n) is 2.22. The van der Waals surface area contributed by atoms with Crippen LogP contribution in [0, 0.1) is 6.92 Å². The first kappa shape index (κ1) is 11.8. The zero-order valence-corrected chi connectivity index (χ0v) is 9.87. The van der Waals surface area contributed by atoms with Crippen LogP contribution in [-0.2, 0) is 11.8 Å². The van der Waals surface area contributed by atoms with Crippen molar-refractivity contribution < 1.29 is 4.74 Å². The summed E-state index contributed by atoms with van der Waals surface area (Å²) in [6.07, 6.45) is 0. The van der Waals surface area contributed by atoms with Crippen molar-refractivity contribution in [2.45, 2.75) is 26.8 Å². The number of anilines is 2. The minimum absolute atomic E-state index is 0.224. The number of nitrogens with zero attached hydrogens (tertiary/aromatic N) is 2. The number of aryl methyl sites for hydroxylation is 2. The van der Waals surface area contributed by atoms with Crippen LogP contribution in [0.4, 0.5) is 11.5 Å². The standard InChI is InChI=1S/C10H20N4O/c1-5-15-6-7(2)12-10-9(11)8(3)13-14(10)4/h7,12H,5-6,11H2,1-4H3. The van der Waals surface area contributed by atoms with Gasteiger partial charge in [-0.1, -0.05) is 0 Å². The van der Waals surface area contributed by atoms with Crippen LogP contribution in [0.5, 0.6) is 0 Å². The van der Waals surface area contributed by atoms with Gasteiger partial charge in [0.1, 0.15) is 5.82 Å². The average Bonchev–Trinajstić information content (AvgIpc) is 2.42. The molecule has 86 valence electrons. The summed E-state index contributed by atoms with van der Waals surface area (Å²) in [7, 11) is 1.87. The number of nitrogen functional groups attached to an aromatic ring is 1. The van der Waals surface area contributed by atoms with Gasteiger partial charge in [0.2, 0.25) is 0 Å². The highest BCUT2D eigenvalue weighted by Gasteiger charge is 2.11. The Labute approximate surface area is 90.6 Å². The molecule has 3 N–H and O–H groups in total. The van der Waals surface area contributed by atoms with Gasteiger partial charge >= 0.3 is 0 Å². The number of nitrogens with two attached hydrogens (primary N) is 1. The van der Waals surface area contributed by atoms with Crippen LogP contribution < -0.4 is 11.1 Å². The first-order chi connectivity index (χ1) is 7.06. The van der Waals surface area contributed by atoms with Crippen molar-refractivity contribution in [1.82, 2.24) is 9.78 Å². The number of hydrogen-bond acceptors (Lipinski definition) is 4. The zero-order chi connectivity index (χ0) is 11.4. The lowest BCUT2D eigenvalue weighted by atomic mass is 10.3. The first-order valence-corrected chi connectivity index (χ1v) is 5.19. The van der Waals surface area contributed by atoms with Crippen LogP contribution >= 0.6 is 0 Å². The summed E-state index contributed by atoms with van der Waals surface area (Å²) in [5, 5.41) is 7.52. The lowest BCUT2D eigenvalue weighted by molar-refractivity contribution is 0.141. The topological polar surface area (TPSA) is 65.1 Å². The molecule has 0 aromatic carbocycles. The molecule has 1 aromatic rings. The summed E-state index contributed by atoms with van der Waals surface area (Å²) in [5.41, 5.74) is 7.45. The van der Waals surface area contributed by atoms with E-state index in [-0.39, 0.29) is 6.04 Å². The molecule has 0 spiro atoms. The largest absolute Gasteiger partial charge is 0.394 e. The monoisotopic (exact) mass is 212 g/mol. The molecule has 1 aromatic heterocycles. The number of nitrogens with one attached hydrogen (secondary N) is 1. The molecule has 0 aliphatic rings. The second-order valence-corrected chi connectivity index (χ2v) is 3.68. The molecule has 5 heteroatoms. The van der Waals surface area contributed by atoms with Crippen molar-refractivity contribution in [3.63, 3.8) is 0 Å². The number of aromatic nitrogens is 2. The Bertz CT molecular complexity index is 321. The molecule has 0 saturated carbocycles. The van der Waals surface area contributed by atoms with Gasteiger partial charge in [-0.15, -0.1) is 0 Å². The first-order valence-electron chi connectivity index (χ1n) is 5.19. The normalized spacial score (nSPS) is 12.8. The van der Waals surface area contributed by atoms with E-state index in [1.165, 1.54) is 0 Å². The number of ether oxygens (including phenoxy) is 1. The van der Waals surface area contributed by atoms with Gasteiger partial charge in [-0.25, -0.2) is 0 Å². The predicted molar refractivity (Wildman–Crippen MR) is 61.9 cm³/mol. The van der Waals surface area contributed by atoms with Crippen LogP contribution in [-0.4, -0.2) is 29.0 Å². The van der Waals surface area contributed by atoms with Crippen LogP contribution in [0.2, 0.25) is 0 Å². The second-order valence-electron chi connectivity index (χ2n) is 3.68. The van der Waals surface area contributed by atoms with Crippen LogP contribution in [0.3, 0.4) is 0 Å². The predicted octanol–water partition coefficient (Wildman–Crippen LogP) is 1.15. The lowest BCUT2D eigenvalue weighted by Crippen LogP contribution is -2.23. The van der Waals surface area contributed by atoms with E-state index in [1.807, 2.05) is 20.9 Å². The maximum absolute atomic E-state index is 5.89. The molecule has 5 nitrogen and oxygen atoms in total. The van der Waals surface area contributed by atoms with E-state index in [0.717, 1.165) is 18.1 Å². The molecule has 0 radical (unpaired) electrons. The van der Waals surface area contributed by atoms with Gasteiger partial charge in [0, 0.05) is 19.7 Å². The Balaban J connectivity index is 2.63. The maximum atomic E-state index is 5.89. The highest BCUT2D eigenvalue weighted by atomic mass is 16.5. The molecule has 1 rings (SSSR count). The molecule has 0 aliphatic heterocycles. The van der Waals surface area contributed by atoms with Gasteiger partial charge in [-0.2, -0.15) is 5.10 Å². The molecule has 1 heterocycles. The summed E-state index contributed by atoms with van der Waals surface area (Å²) < 4.78 is 7.08. The highest BCUT2D eigenvalue weighted by molar-refractivity contribution is 5.64. The lowest BCUT2D eigenvalue weighted by Gasteiger charge is -2.15. The number of rotatable bonds is 5. The van der Waals surface area contributed by atoms with Crippen molar-refractivity contribution in [2.75, 3.05) is 24.3 Å². The Hall–Kier alpha value is -1.23. The van der Waals surface area contributed by atoms with Crippen molar-refractivity contribution in [1.29, 1.82) is 0 Å². The van der Waals surface area contributed by atoms with Crippen molar-refractivity contribution in [3.8, 4) is 0 Å². The molecule has 0 aliphatic carbocycles. The minimum atomic E-state index is 0.224. The molecule has 0 amide bonds. The molecular formula is C10H20N4O. The third-order valence-corrected chi connectivity index (χ3v) is 2.22. The van der Waals surface area contributed by atoms with Crippen molar-refractivity contribution in [3.05, 3.63) is 5.69 Å². The Morgan fingerprint density at radius 2 is 2.27 bits per heavy atom. The fourth-order valence-corrected chi connectivity index (χ4v) is 1.42. The molecule has 0 saturated heterocycles. The zero-order valence-electron chi connectivity index (χ0n) is 9.87. The van der Waals surface area contributed by atoms with E-state index in [2.05, 4.69) is 17.3 Å². The SMILES string of the molecule is CCOCC(C)Nc1c(N)c(C)nn1C.